The molecule has 1 heterocycles. The van der Waals surface area contributed by atoms with Gasteiger partial charge in [0.05, 0.1) is 23.2 Å². The largest absolute Gasteiger partial charge is 0.460 e. The van der Waals surface area contributed by atoms with Crippen LogP contribution in [0.5, 0.6) is 0 Å². The lowest BCUT2D eigenvalue weighted by molar-refractivity contribution is -0.157. The molecule has 0 radical (unpaired) electrons. The number of nitrogens with one attached hydrogen (secondary N) is 1. The highest BCUT2D eigenvalue weighted by atomic mass is 79.9. The first-order valence-corrected chi connectivity index (χ1v) is 13.4. The predicted molar refractivity (Wildman–Crippen MR) is 159 cm³/mol. The molecule has 1 unspecified atom stereocenters. The van der Waals surface area contributed by atoms with Gasteiger partial charge in [-0.25, -0.2) is 9.37 Å². The lowest BCUT2D eigenvalue weighted by Gasteiger charge is -2.29. The lowest BCUT2D eigenvalue weighted by atomic mass is 9.84. The topological polar surface area (TPSA) is 68.3 Å². The summed E-state index contributed by atoms with van der Waals surface area (Å²) in [5, 5.41) is 3.56. The van der Waals surface area contributed by atoms with Crippen molar-refractivity contribution in [1.82, 2.24) is 10.3 Å². The fourth-order valence-electron chi connectivity index (χ4n) is 4.21. The number of carbonyl (C=O) groups excluding carboxylic acids is 2. The van der Waals surface area contributed by atoms with Crippen LogP contribution in [-0.4, -0.2) is 29.0 Å². The van der Waals surface area contributed by atoms with Crippen LogP contribution in [0.4, 0.5) is 4.39 Å². The van der Waals surface area contributed by atoms with Crippen LogP contribution >= 0.6 is 15.9 Å². The van der Waals surface area contributed by atoms with Crippen molar-refractivity contribution >= 4 is 38.7 Å². The number of halogens is 2. The van der Waals surface area contributed by atoms with E-state index in [0.717, 1.165) is 10.0 Å². The van der Waals surface area contributed by atoms with E-state index < -0.39 is 22.8 Å². The lowest BCUT2D eigenvalue weighted by Crippen LogP contribution is -2.39. The van der Waals surface area contributed by atoms with E-state index >= 15 is 4.39 Å². The van der Waals surface area contributed by atoms with E-state index in [1.54, 1.807) is 33.8 Å². The summed E-state index contributed by atoms with van der Waals surface area (Å²) in [4.78, 5) is 31.3. The van der Waals surface area contributed by atoms with Crippen molar-refractivity contribution < 1.29 is 18.7 Å². The van der Waals surface area contributed by atoms with Gasteiger partial charge >= 0.3 is 5.97 Å². The number of carbonyl (C=O) groups is 2. The smallest absolute Gasteiger partial charge is 0.307 e. The quantitative estimate of drug-likeness (QED) is 0.202. The van der Waals surface area contributed by atoms with Gasteiger partial charge in [0.2, 0.25) is 0 Å². The van der Waals surface area contributed by atoms with Crippen molar-refractivity contribution in [2.24, 2.45) is 5.41 Å². The Hall–Kier alpha value is -3.58. The Bertz CT molecular complexity index is 1440. The number of esters is 1. The number of aromatic nitrogens is 1. The van der Waals surface area contributed by atoms with Gasteiger partial charge in [-0.1, -0.05) is 78.0 Å². The Morgan fingerprint density at radius 1 is 1.10 bits per heavy atom. The highest BCUT2D eigenvalue weighted by Crippen LogP contribution is 2.34. The maximum Gasteiger partial charge on any atom is 0.307 e. The third kappa shape index (κ3) is 7.73. The molecule has 1 amide bonds. The number of benzene rings is 2. The molecule has 204 valence electrons. The van der Waals surface area contributed by atoms with Crippen LogP contribution in [0.3, 0.4) is 0 Å². The van der Waals surface area contributed by atoms with Crippen LogP contribution in [0.15, 0.2) is 89.7 Å². The SMILES string of the molecule is C=C/C=C\C=C(/F)C(C)(CNC(=O)c1c(C)c(-c2ccccc2)nc2ccc(Br)cc12)CC(=O)OC(C)(C)C. The van der Waals surface area contributed by atoms with Crippen LogP contribution in [0.1, 0.15) is 50.0 Å². The molecule has 1 N–H and O–H groups in total. The van der Waals surface area contributed by atoms with Gasteiger partial charge in [-0.3, -0.25) is 9.59 Å². The molecule has 39 heavy (non-hydrogen) atoms. The Balaban J connectivity index is 2.02. The van der Waals surface area contributed by atoms with Gasteiger partial charge < -0.3 is 10.1 Å². The van der Waals surface area contributed by atoms with Crippen LogP contribution in [-0.2, 0) is 9.53 Å². The summed E-state index contributed by atoms with van der Waals surface area (Å²) in [6, 6.07) is 15.2. The van der Waals surface area contributed by atoms with E-state index in [-0.39, 0.29) is 18.9 Å². The van der Waals surface area contributed by atoms with Crippen molar-refractivity contribution in [3.05, 3.63) is 101 Å². The van der Waals surface area contributed by atoms with E-state index in [4.69, 9.17) is 9.72 Å². The average Bonchev–Trinajstić information content (AvgIpc) is 2.86. The summed E-state index contributed by atoms with van der Waals surface area (Å²) in [5.74, 6) is -1.51. The van der Waals surface area contributed by atoms with Gasteiger partial charge in [-0.2, -0.15) is 0 Å². The molecule has 1 atom stereocenters. The first-order chi connectivity index (χ1) is 18.3. The van der Waals surface area contributed by atoms with Crippen LogP contribution in [0.25, 0.3) is 22.2 Å². The number of amides is 1. The fourth-order valence-corrected chi connectivity index (χ4v) is 4.57. The number of fused-ring (bicyclic) bond motifs is 1. The maximum absolute atomic E-state index is 15.5. The minimum Gasteiger partial charge on any atom is -0.460 e. The molecular weight excluding hydrogens is 559 g/mol. The molecule has 0 saturated carbocycles. The molecule has 3 aromatic rings. The summed E-state index contributed by atoms with van der Waals surface area (Å²) in [5.41, 5.74) is 1.30. The monoisotopic (exact) mass is 592 g/mol. The zero-order valence-electron chi connectivity index (χ0n) is 23.0. The molecule has 3 rings (SSSR count). The zero-order valence-corrected chi connectivity index (χ0v) is 24.6. The second-order valence-electron chi connectivity index (χ2n) is 10.6. The van der Waals surface area contributed by atoms with Crippen molar-refractivity contribution in [1.29, 1.82) is 0 Å². The van der Waals surface area contributed by atoms with Crippen molar-refractivity contribution in [3.63, 3.8) is 0 Å². The van der Waals surface area contributed by atoms with E-state index in [9.17, 15) is 9.59 Å². The molecule has 0 bridgehead atoms. The number of nitrogens with zero attached hydrogens (tertiary/aromatic N) is 1. The first-order valence-electron chi connectivity index (χ1n) is 12.7. The highest BCUT2D eigenvalue weighted by Gasteiger charge is 2.35. The van der Waals surface area contributed by atoms with Gasteiger partial charge in [0.1, 0.15) is 11.4 Å². The molecule has 7 heteroatoms. The van der Waals surface area contributed by atoms with E-state index in [1.165, 1.54) is 18.2 Å². The van der Waals surface area contributed by atoms with Gasteiger partial charge in [0.25, 0.3) is 5.91 Å². The van der Waals surface area contributed by atoms with Crippen LogP contribution in [0.2, 0.25) is 0 Å². The molecule has 5 nitrogen and oxygen atoms in total. The van der Waals surface area contributed by atoms with E-state index in [2.05, 4.69) is 27.8 Å². The third-order valence-corrected chi connectivity index (χ3v) is 6.62. The first kappa shape index (κ1) is 30.0. The predicted octanol–water partition coefficient (Wildman–Crippen LogP) is 8.04. The van der Waals surface area contributed by atoms with Crippen molar-refractivity contribution in [2.75, 3.05) is 6.54 Å². The van der Waals surface area contributed by atoms with Gasteiger partial charge in [-0.05, 0) is 57.5 Å². The number of hydrogen-bond donors (Lipinski definition) is 1. The Morgan fingerprint density at radius 2 is 1.79 bits per heavy atom. The summed E-state index contributed by atoms with van der Waals surface area (Å²) in [6.45, 7) is 12.2. The summed E-state index contributed by atoms with van der Waals surface area (Å²) in [6.07, 6.45) is 5.63. The van der Waals surface area contributed by atoms with Gasteiger partial charge in [0, 0.05) is 27.4 Å². The fraction of sp³-hybridized carbons (Fsp3) is 0.281. The minimum absolute atomic E-state index is 0.132. The Labute approximate surface area is 238 Å². The number of rotatable bonds is 9. The molecular formula is C32H34BrFN2O3. The number of ether oxygens (including phenoxy) is 1. The molecule has 0 aliphatic rings. The highest BCUT2D eigenvalue weighted by molar-refractivity contribution is 9.10. The number of pyridine rings is 1. The molecule has 0 aliphatic heterocycles. The van der Waals surface area contributed by atoms with Crippen molar-refractivity contribution in [3.8, 4) is 11.3 Å². The molecule has 1 aromatic heterocycles. The average molecular weight is 594 g/mol. The second-order valence-corrected chi connectivity index (χ2v) is 11.5. The van der Waals surface area contributed by atoms with Crippen molar-refractivity contribution in [2.45, 2.75) is 46.6 Å². The zero-order chi connectivity index (χ0) is 28.8. The van der Waals surface area contributed by atoms with E-state index in [1.807, 2.05) is 55.5 Å². The van der Waals surface area contributed by atoms with E-state index in [0.29, 0.717) is 27.7 Å². The molecule has 0 fully saturated rings. The third-order valence-electron chi connectivity index (χ3n) is 6.12. The van der Waals surface area contributed by atoms with Crippen LogP contribution < -0.4 is 5.32 Å². The summed E-state index contributed by atoms with van der Waals surface area (Å²) < 4.78 is 21.8. The molecule has 0 aliphatic carbocycles. The Morgan fingerprint density at radius 3 is 2.44 bits per heavy atom. The minimum atomic E-state index is -1.34. The van der Waals surface area contributed by atoms with Gasteiger partial charge in [0.15, 0.2) is 0 Å². The molecule has 0 spiro atoms. The summed E-state index contributed by atoms with van der Waals surface area (Å²) in [7, 11) is 0. The standard InChI is InChI=1S/C32H34BrFN2O3/c1-7-8-10-15-26(34)32(6,19-27(37)39-31(3,4)5)20-35-30(38)28-21(2)29(22-13-11-9-12-14-22)36-25-17-16-23(33)18-24(25)28/h7-18H,1,19-20H2,2-6H3,(H,35,38)/b10-8-,26-15-. The number of allylic oxidation sites excluding steroid dienone is 4. The summed E-state index contributed by atoms with van der Waals surface area (Å²) >= 11 is 3.49. The van der Waals surface area contributed by atoms with Gasteiger partial charge in [-0.15, -0.1) is 0 Å². The van der Waals surface area contributed by atoms with Crippen LogP contribution in [0, 0.1) is 12.3 Å². The number of hydrogen-bond acceptors (Lipinski definition) is 4. The second kappa shape index (κ2) is 12.5. The molecule has 0 saturated heterocycles. The molecule has 2 aromatic carbocycles. The normalized spacial score (nSPS) is 13.8. The maximum atomic E-state index is 15.5. The Kier molecular flexibility index (Phi) is 9.62.